The summed E-state index contributed by atoms with van der Waals surface area (Å²) < 4.78 is 11.8. The Morgan fingerprint density at radius 3 is 2.74 bits per heavy atom. The molecule has 11 heteroatoms. The third-order valence-corrected chi connectivity index (χ3v) is 5.01. The van der Waals surface area contributed by atoms with Gasteiger partial charge < -0.3 is 19.4 Å². The minimum atomic E-state index is -0.612. The molecule has 0 unspecified atom stereocenters. The van der Waals surface area contributed by atoms with Gasteiger partial charge in [-0.15, -0.1) is 0 Å². The number of carbonyl (C=O) groups is 1. The van der Waals surface area contributed by atoms with Crippen LogP contribution in [0.2, 0.25) is 0 Å². The molecular formula is C20H21N5O6. The van der Waals surface area contributed by atoms with E-state index in [1.165, 1.54) is 22.8 Å². The number of oxazole rings is 1. The van der Waals surface area contributed by atoms with Gasteiger partial charge in [0.25, 0.3) is 5.69 Å². The first-order valence-electron chi connectivity index (χ1n) is 9.87. The summed E-state index contributed by atoms with van der Waals surface area (Å²) in [6, 6.07) is 7.66. The molecule has 0 aliphatic carbocycles. The second kappa shape index (κ2) is 8.96. The lowest BCUT2D eigenvalue weighted by Gasteiger charge is -2.27. The SMILES string of the molecule is O=C(CCCn1c(=O)oc2cc([N+](=O)[O-])ccc21)Nc1ccc(N2CCOCC2)nc1. The molecule has 2 aromatic heterocycles. The van der Waals surface area contributed by atoms with E-state index in [0.717, 1.165) is 18.9 Å². The normalized spacial score (nSPS) is 14.0. The molecule has 1 N–H and O–H groups in total. The van der Waals surface area contributed by atoms with Gasteiger partial charge in [-0.25, -0.2) is 9.78 Å². The summed E-state index contributed by atoms with van der Waals surface area (Å²) in [5.74, 6) is 0.0314. The fraction of sp³-hybridized carbons (Fsp3) is 0.350. The van der Waals surface area contributed by atoms with Crippen LogP contribution in [0.3, 0.4) is 0 Å². The molecular weight excluding hydrogens is 406 g/mol. The van der Waals surface area contributed by atoms with E-state index < -0.39 is 10.7 Å². The van der Waals surface area contributed by atoms with Gasteiger partial charge in [0.2, 0.25) is 5.91 Å². The third-order valence-electron chi connectivity index (χ3n) is 5.01. The third kappa shape index (κ3) is 4.72. The number of benzene rings is 1. The number of rotatable bonds is 7. The predicted molar refractivity (Wildman–Crippen MR) is 112 cm³/mol. The Balaban J connectivity index is 1.32. The van der Waals surface area contributed by atoms with Crippen LogP contribution in [0, 0.1) is 10.1 Å². The molecule has 0 spiro atoms. The van der Waals surface area contributed by atoms with Crippen molar-refractivity contribution in [2.24, 2.45) is 0 Å². The highest BCUT2D eigenvalue weighted by Gasteiger charge is 2.15. The zero-order valence-electron chi connectivity index (χ0n) is 16.7. The smallest absolute Gasteiger partial charge is 0.407 e. The van der Waals surface area contributed by atoms with Crippen molar-refractivity contribution in [1.82, 2.24) is 9.55 Å². The summed E-state index contributed by atoms with van der Waals surface area (Å²) in [5, 5.41) is 13.6. The second-order valence-corrected chi connectivity index (χ2v) is 7.08. The standard InChI is InChI=1S/C20H21N5O6/c26-19(22-14-3-6-18(21-13-14)23-8-10-30-11-9-23)2-1-7-24-16-5-4-15(25(28)29)12-17(16)31-20(24)27/h3-6,12-13H,1-2,7-11H2,(H,22,26). The number of aromatic nitrogens is 2. The van der Waals surface area contributed by atoms with Crippen molar-refractivity contribution in [2.45, 2.75) is 19.4 Å². The Morgan fingerprint density at radius 2 is 2.03 bits per heavy atom. The average Bonchev–Trinajstić information content (AvgIpc) is 3.09. The molecule has 1 aliphatic heterocycles. The fourth-order valence-corrected chi connectivity index (χ4v) is 3.44. The van der Waals surface area contributed by atoms with Crippen LogP contribution >= 0.6 is 0 Å². The van der Waals surface area contributed by atoms with E-state index in [1.807, 2.05) is 6.07 Å². The van der Waals surface area contributed by atoms with Gasteiger partial charge in [-0.2, -0.15) is 0 Å². The van der Waals surface area contributed by atoms with Gasteiger partial charge in [-0.05, 0) is 24.6 Å². The molecule has 1 saturated heterocycles. The predicted octanol–water partition coefficient (Wildman–Crippen LogP) is 2.15. The molecule has 1 fully saturated rings. The van der Waals surface area contributed by atoms with E-state index in [-0.39, 0.29) is 30.1 Å². The Kier molecular flexibility index (Phi) is 5.94. The van der Waals surface area contributed by atoms with Gasteiger partial charge in [0, 0.05) is 32.1 Å². The topological polar surface area (TPSA) is 133 Å². The quantitative estimate of drug-likeness (QED) is 0.448. The highest BCUT2D eigenvalue weighted by atomic mass is 16.6. The number of morpholine rings is 1. The van der Waals surface area contributed by atoms with E-state index in [2.05, 4.69) is 15.2 Å². The first kappa shape index (κ1) is 20.5. The number of carbonyl (C=O) groups excluding carboxylic acids is 1. The Labute approximate surface area is 176 Å². The molecule has 3 heterocycles. The van der Waals surface area contributed by atoms with Crippen molar-refractivity contribution >= 4 is 34.2 Å². The largest absolute Gasteiger partial charge is 0.419 e. The summed E-state index contributed by atoms with van der Waals surface area (Å²) in [4.78, 5) is 41.1. The van der Waals surface area contributed by atoms with Crippen molar-refractivity contribution < 1.29 is 18.9 Å². The van der Waals surface area contributed by atoms with Gasteiger partial charge in [-0.1, -0.05) is 0 Å². The molecule has 0 bridgehead atoms. The minimum Gasteiger partial charge on any atom is -0.407 e. The lowest BCUT2D eigenvalue weighted by atomic mass is 10.2. The lowest BCUT2D eigenvalue weighted by Crippen LogP contribution is -2.36. The van der Waals surface area contributed by atoms with Gasteiger partial charge in [0.15, 0.2) is 5.58 Å². The zero-order chi connectivity index (χ0) is 21.8. The first-order chi connectivity index (χ1) is 15.0. The van der Waals surface area contributed by atoms with Crippen LogP contribution in [0.1, 0.15) is 12.8 Å². The summed E-state index contributed by atoms with van der Waals surface area (Å²) in [5.41, 5.74) is 1.05. The number of non-ortho nitro benzene ring substituents is 1. The number of amides is 1. The molecule has 0 radical (unpaired) electrons. The number of nitrogens with zero attached hydrogens (tertiary/aromatic N) is 4. The van der Waals surface area contributed by atoms with Crippen LogP contribution in [0.4, 0.5) is 17.2 Å². The highest BCUT2D eigenvalue weighted by molar-refractivity contribution is 5.90. The molecule has 1 aliphatic rings. The number of ether oxygens (including phenoxy) is 1. The van der Waals surface area contributed by atoms with Crippen molar-refractivity contribution in [2.75, 3.05) is 36.5 Å². The monoisotopic (exact) mass is 427 g/mol. The van der Waals surface area contributed by atoms with Crippen LogP contribution in [0.15, 0.2) is 45.7 Å². The zero-order valence-corrected chi connectivity index (χ0v) is 16.7. The highest BCUT2D eigenvalue weighted by Crippen LogP contribution is 2.20. The number of aryl methyl sites for hydroxylation is 1. The van der Waals surface area contributed by atoms with E-state index in [1.54, 1.807) is 12.3 Å². The first-order valence-corrected chi connectivity index (χ1v) is 9.87. The van der Waals surface area contributed by atoms with Gasteiger partial charge >= 0.3 is 5.76 Å². The van der Waals surface area contributed by atoms with Gasteiger partial charge in [0.05, 0.1) is 41.6 Å². The van der Waals surface area contributed by atoms with Gasteiger partial charge in [-0.3, -0.25) is 19.5 Å². The molecule has 11 nitrogen and oxygen atoms in total. The van der Waals surface area contributed by atoms with Crippen LogP contribution < -0.4 is 16.0 Å². The van der Waals surface area contributed by atoms with Crippen LogP contribution in [-0.2, 0) is 16.1 Å². The maximum Gasteiger partial charge on any atom is 0.419 e. The minimum absolute atomic E-state index is 0.148. The summed E-state index contributed by atoms with van der Waals surface area (Å²) in [6.45, 7) is 3.17. The van der Waals surface area contributed by atoms with E-state index >= 15 is 0 Å². The molecule has 4 rings (SSSR count). The van der Waals surface area contributed by atoms with E-state index in [4.69, 9.17) is 9.15 Å². The second-order valence-electron chi connectivity index (χ2n) is 7.08. The fourth-order valence-electron chi connectivity index (χ4n) is 3.44. The molecule has 3 aromatic rings. The van der Waals surface area contributed by atoms with Crippen LogP contribution in [0.5, 0.6) is 0 Å². The van der Waals surface area contributed by atoms with Crippen molar-refractivity contribution in [3.05, 3.63) is 57.2 Å². The number of nitrogens with one attached hydrogen (secondary N) is 1. The molecule has 162 valence electrons. The van der Waals surface area contributed by atoms with E-state index in [9.17, 15) is 19.7 Å². The summed E-state index contributed by atoms with van der Waals surface area (Å²) in [6.07, 6.45) is 2.21. The van der Waals surface area contributed by atoms with E-state index in [0.29, 0.717) is 30.8 Å². The van der Waals surface area contributed by atoms with Gasteiger partial charge in [0.1, 0.15) is 5.82 Å². The number of fused-ring (bicyclic) bond motifs is 1. The van der Waals surface area contributed by atoms with Crippen LogP contribution in [-0.4, -0.2) is 46.7 Å². The Bertz CT molecular complexity index is 1150. The lowest BCUT2D eigenvalue weighted by molar-refractivity contribution is -0.384. The van der Waals surface area contributed by atoms with Crippen molar-refractivity contribution in [1.29, 1.82) is 0 Å². The molecule has 1 amide bonds. The Morgan fingerprint density at radius 1 is 1.23 bits per heavy atom. The molecule has 0 saturated carbocycles. The number of nitro groups is 1. The average molecular weight is 427 g/mol. The maximum atomic E-state index is 12.2. The van der Waals surface area contributed by atoms with Crippen molar-refractivity contribution in [3.63, 3.8) is 0 Å². The molecule has 1 aromatic carbocycles. The maximum absolute atomic E-state index is 12.2. The number of nitro benzene ring substituents is 1. The van der Waals surface area contributed by atoms with Crippen molar-refractivity contribution in [3.8, 4) is 0 Å². The molecule has 0 atom stereocenters. The number of pyridine rings is 1. The molecule has 31 heavy (non-hydrogen) atoms. The number of hydrogen-bond donors (Lipinski definition) is 1. The number of anilines is 2. The summed E-state index contributed by atoms with van der Waals surface area (Å²) >= 11 is 0. The summed E-state index contributed by atoms with van der Waals surface area (Å²) in [7, 11) is 0. The Hall–Kier alpha value is -3.73. The van der Waals surface area contributed by atoms with Crippen LogP contribution in [0.25, 0.3) is 11.1 Å². The number of hydrogen-bond acceptors (Lipinski definition) is 8.